The summed E-state index contributed by atoms with van der Waals surface area (Å²) in [7, 11) is 0. The monoisotopic (exact) mass is 371 g/mol. The summed E-state index contributed by atoms with van der Waals surface area (Å²) in [6.45, 7) is 2.70. The maximum atomic E-state index is 13.4. The van der Waals surface area contributed by atoms with Crippen LogP contribution in [0, 0.1) is 5.92 Å². The number of nitrogens with zero attached hydrogens (tertiary/aromatic N) is 1. The molecule has 1 aliphatic heterocycles. The van der Waals surface area contributed by atoms with Crippen molar-refractivity contribution in [1.29, 1.82) is 0 Å². The molecule has 27 heavy (non-hydrogen) atoms. The summed E-state index contributed by atoms with van der Waals surface area (Å²) in [6.07, 6.45) is 5.75. The Morgan fingerprint density at radius 1 is 1.04 bits per heavy atom. The lowest BCUT2D eigenvalue weighted by atomic mass is 9.85. The highest BCUT2D eigenvalue weighted by atomic mass is 16.4. The summed E-state index contributed by atoms with van der Waals surface area (Å²) in [5, 5.41) is 12.2. The van der Waals surface area contributed by atoms with Crippen molar-refractivity contribution in [3.8, 4) is 0 Å². The number of quaternary nitrogens is 1. The van der Waals surface area contributed by atoms with Crippen LogP contribution in [0.25, 0.3) is 0 Å². The molecule has 2 aliphatic rings. The Morgan fingerprint density at radius 2 is 1.70 bits per heavy atom. The molecule has 0 spiro atoms. The number of aliphatic carboxylic acids is 1. The van der Waals surface area contributed by atoms with E-state index >= 15 is 0 Å². The average molecular weight is 371 g/mol. The molecule has 1 aromatic rings. The number of ketones is 1. The smallest absolute Gasteiger partial charge is 0.382 e. The van der Waals surface area contributed by atoms with Crippen molar-refractivity contribution in [3.05, 3.63) is 35.9 Å². The van der Waals surface area contributed by atoms with Gasteiger partial charge in [-0.15, -0.1) is 0 Å². The molecule has 2 unspecified atom stereocenters. The van der Waals surface area contributed by atoms with Crippen LogP contribution in [0.3, 0.4) is 0 Å². The van der Waals surface area contributed by atoms with Gasteiger partial charge in [0.1, 0.15) is 12.0 Å². The molecule has 0 bridgehead atoms. The molecular weight excluding hydrogens is 342 g/mol. The largest absolute Gasteiger partial charge is 0.544 e. The van der Waals surface area contributed by atoms with E-state index in [4.69, 9.17) is 0 Å². The van der Waals surface area contributed by atoms with Gasteiger partial charge in [-0.3, -0.25) is 4.79 Å². The van der Waals surface area contributed by atoms with Crippen LogP contribution < -0.4 is 5.11 Å². The fourth-order valence-corrected chi connectivity index (χ4v) is 5.16. The van der Waals surface area contributed by atoms with Gasteiger partial charge >= 0.3 is 5.91 Å². The lowest BCUT2D eigenvalue weighted by Gasteiger charge is -2.39. The van der Waals surface area contributed by atoms with Crippen molar-refractivity contribution in [3.63, 3.8) is 0 Å². The van der Waals surface area contributed by atoms with Crippen LogP contribution in [0.15, 0.2) is 30.3 Å². The Bertz CT molecular complexity index is 696. The summed E-state index contributed by atoms with van der Waals surface area (Å²) in [6, 6.07) is 8.46. The summed E-state index contributed by atoms with van der Waals surface area (Å²) in [5.41, 5.74) is 0.903. The Balaban J connectivity index is 1.95. The number of benzene rings is 1. The number of carboxylic acids is 1. The number of hydrogen-bond donors (Lipinski definition) is 0. The zero-order chi connectivity index (χ0) is 19.4. The zero-order valence-corrected chi connectivity index (χ0v) is 16.1. The van der Waals surface area contributed by atoms with Gasteiger partial charge in [-0.1, -0.05) is 56.5 Å². The number of rotatable bonds is 6. The van der Waals surface area contributed by atoms with E-state index in [0.717, 1.165) is 37.7 Å². The van der Waals surface area contributed by atoms with Crippen LogP contribution in [-0.4, -0.2) is 41.3 Å². The summed E-state index contributed by atoms with van der Waals surface area (Å²) in [5.74, 6) is -2.62. The number of amides is 1. The molecule has 1 heterocycles. The van der Waals surface area contributed by atoms with E-state index in [2.05, 4.69) is 0 Å². The van der Waals surface area contributed by atoms with Crippen LogP contribution >= 0.6 is 0 Å². The molecule has 0 N–H and O–H groups in total. The van der Waals surface area contributed by atoms with Gasteiger partial charge in [0, 0.05) is 18.3 Å². The molecule has 2 fully saturated rings. The second-order valence-corrected chi connectivity index (χ2v) is 8.06. The first-order chi connectivity index (χ1) is 13.0. The van der Waals surface area contributed by atoms with E-state index in [1.54, 1.807) is 0 Å². The predicted octanol–water partition coefficient (Wildman–Crippen LogP) is 2.20. The first kappa shape index (κ1) is 19.7. The number of Topliss-reactive ketones (excluding diaryl/α,β-unsaturated/α-hetero) is 1. The third-order valence-electron chi connectivity index (χ3n) is 6.44. The van der Waals surface area contributed by atoms with E-state index in [1.807, 2.05) is 37.3 Å². The van der Waals surface area contributed by atoms with Gasteiger partial charge < -0.3 is 9.90 Å². The molecule has 1 amide bonds. The second-order valence-electron chi connectivity index (χ2n) is 8.06. The normalized spacial score (nSPS) is 28.8. The maximum absolute atomic E-state index is 13.4. The highest BCUT2D eigenvalue weighted by Gasteiger charge is 2.56. The van der Waals surface area contributed by atoms with Crippen molar-refractivity contribution < 1.29 is 24.0 Å². The maximum Gasteiger partial charge on any atom is 0.382 e. The average Bonchev–Trinajstić information content (AvgIpc) is 3.09. The van der Waals surface area contributed by atoms with Crippen LogP contribution in [0.1, 0.15) is 63.4 Å². The molecule has 1 saturated carbocycles. The van der Waals surface area contributed by atoms with Gasteiger partial charge in [0.05, 0.1) is 13.1 Å². The second kappa shape index (κ2) is 8.34. The molecule has 0 radical (unpaired) electrons. The Morgan fingerprint density at radius 3 is 2.30 bits per heavy atom. The van der Waals surface area contributed by atoms with E-state index in [0.29, 0.717) is 25.9 Å². The Labute approximate surface area is 161 Å². The summed E-state index contributed by atoms with van der Waals surface area (Å²) >= 11 is 0. The number of carbonyl (C=O) groups is 3. The molecule has 0 aromatic heterocycles. The summed E-state index contributed by atoms with van der Waals surface area (Å²) in [4.78, 5) is 38.6. The molecule has 1 aromatic carbocycles. The highest BCUT2D eigenvalue weighted by molar-refractivity contribution is 6.34. The van der Waals surface area contributed by atoms with Crippen LogP contribution in [0.5, 0.6) is 0 Å². The number of likely N-dealkylation sites (tertiary alicyclic amines) is 1. The number of hydrogen-bond acceptors (Lipinski definition) is 4. The predicted molar refractivity (Wildman–Crippen MR) is 99.5 cm³/mol. The highest BCUT2D eigenvalue weighted by Crippen LogP contribution is 2.40. The van der Waals surface area contributed by atoms with Crippen molar-refractivity contribution in [2.24, 2.45) is 5.92 Å². The van der Waals surface area contributed by atoms with Crippen molar-refractivity contribution in [1.82, 2.24) is 0 Å². The van der Waals surface area contributed by atoms with E-state index < -0.39 is 17.9 Å². The van der Waals surface area contributed by atoms with Crippen molar-refractivity contribution in [2.45, 2.75) is 63.8 Å². The van der Waals surface area contributed by atoms with Crippen molar-refractivity contribution >= 4 is 17.7 Å². The van der Waals surface area contributed by atoms with Crippen LogP contribution in [0.4, 0.5) is 0 Å². The standard InChI is InChI=1S/C22H29NO4/c1-2-14-23(21(25)20(24)17-11-7-4-8-12-17)15-13-18(19(23)22(26)27)16-9-5-3-6-10-16/h3,5-6,9-10,17-19H,2,4,7-8,11-15H2,1H3/t18?,19-,23?/m0/s1. The first-order valence-corrected chi connectivity index (χ1v) is 10.2. The molecule has 1 aliphatic carbocycles. The molecule has 146 valence electrons. The lowest BCUT2D eigenvalue weighted by Crippen LogP contribution is -2.65. The van der Waals surface area contributed by atoms with Gasteiger partial charge in [0.15, 0.2) is 0 Å². The number of carbonyl (C=O) groups excluding carboxylic acids is 3. The van der Waals surface area contributed by atoms with E-state index in [1.165, 1.54) is 0 Å². The fourth-order valence-electron chi connectivity index (χ4n) is 5.16. The van der Waals surface area contributed by atoms with Gasteiger partial charge in [0.25, 0.3) is 5.78 Å². The lowest BCUT2D eigenvalue weighted by molar-refractivity contribution is -0.858. The molecular formula is C22H29NO4. The third kappa shape index (κ3) is 3.70. The van der Waals surface area contributed by atoms with Gasteiger partial charge in [-0.25, -0.2) is 9.28 Å². The minimum Gasteiger partial charge on any atom is -0.544 e. The first-order valence-electron chi connectivity index (χ1n) is 10.2. The van der Waals surface area contributed by atoms with Gasteiger partial charge in [-0.2, -0.15) is 0 Å². The Kier molecular flexibility index (Phi) is 6.10. The van der Waals surface area contributed by atoms with Gasteiger partial charge in [-0.05, 0) is 24.8 Å². The fraction of sp³-hybridized carbons (Fsp3) is 0.591. The summed E-state index contributed by atoms with van der Waals surface area (Å²) < 4.78 is -0.270. The van der Waals surface area contributed by atoms with E-state index in [9.17, 15) is 19.5 Å². The minimum absolute atomic E-state index is 0.240. The van der Waals surface area contributed by atoms with Crippen molar-refractivity contribution in [2.75, 3.05) is 13.1 Å². The van der Waals surface area contributed by atoms with E-state index in [-0.39, 0.29) is 22.1 Å². The van der Waals surface area contributed by atoms with Crippen LogP contribution in [0.2, 0.25) is 0 Å². The molecule has 5 heteroatoms. The zero-order valence-electron chi connectivity index (χ0n) is 16.1. The SMILES string of the molecule is CCC[N+]1(C(=O)C(=O)C2CCCCC2)CCC(c2ccccc2)[C@H]1C(=O)[O-]. The van der Waals surface area contributed by atoms with Gasteiger partial charge in [0.2, 0.25) is 0 Å². The minimum atomic E-state index is -1.22. The third-order valence-corrected chi connectivity index (χ3v) is 6.44. The topological polar surface area (TPSA) is 74.3 Å². The number of carboxylic acid groups (broad SMARTS) is 1. The molecule has 1 saturated heterocycles. The molecule has 5 nitrogen and oxygen atoms in total. The quantitative estimate of drug-likeness (QED) is 0.567. The van der Waals surface area contributed by atoms with Crippen LogP contribution in [-0.2, 0) is 14.4 Å². The molecule has 3 atom stereocenters. The Hall–Kier alpha value is -2.01. The molecule has 3 rings (SSSR count).